The number of benzene rings is 2. The molecule has 0 saturated heterocycles. The minimum absolute atomic E-state index is 0.0803. The van der Waals surface area contributed by atoms with Gasteiger partial charge in [0.15, 0.2) is 0 Å². The molecule has 20 heavy (non-hydrogen) atoms. The van der Waals surface area contributed by atoms with Crippen LogP contribution >= 0.6 is 0 Å². The predicted octanol–water partition coefficient (Wildman–Crippen LogP) is 1.10. The van der Waals surface area contributed by atoms with E-state index in [1.807, 2.05) is 0 Å². The maximum atomic E-state index is 12.1. The first-order valence-electron chi connectivity index (χ1n) is 5.42. The van der Waals surface area contributed by atoms with Crippen LogP contribution in [0.25, 0.3) is 0 Å². The molecule has 6 nitrogen and oxygen atoms in total. The van der Waals surface area contributed by atoms with Crippen LogP contribution in [0.1, 0.15) is 0 Å². The lowest BCUT2D eigenvalue weighted by Crippen LogP contribution is -2.19. The van der Waals surface area contributed by atoms with Gasteiger partial charge in [-0.25, -0.2) is 13.6 Å². The Labute approximate surface area is 117 Å². The summed E-state index contributed by atoms with van der Waals surface area (Å²) in [6, 6.07) is 12.8. The number of primary sulfonamides is 1. The lowest BCUT2D eigenvalue weighted by Gasteiger charge is -2.09. The van der Waals surface area contributed by atoms with Gasteiger partial charge in [-0.2, -0.15) is 8.42 Å². The summed E-state index contributed by atoms with van der Waals surface area (Å²) in [5.74, 6) is 0.0803. The van der Waals surface area contributed by atoms with E-state index in [4.69, 9.17) is 9.32 Å². The maximum Gasteiger partial charge on any atom is 0.340 e. The molecule has 0 aliphatic rings. The summed E-state index contributed by atoms with van der Waals surface area (Å²) in [4.78, 5) is -0.998. The van der Waals surface area contributed by atoms with Gasteiger partial charge in [0.1, 0.15) is 15.5 Å². The van der Waals surface area contributed by atoms with Crippen LogP contribution in [-0.2, 0) is 20.1 Å². The van der Waals surface area contributed by atoms with Gasteiger partial charge in [0.05, 0.1) is 0 Å². The van der Waals surface area contributed by atoms with Crippen LogP contribution in [0.3, 0.4) is 0 Å². The van der Waals surface area contributed by atoms with Gasteiger partial charge in [0, 0.05) is 0 Å². The normalized spacial score (nSPS) is 12.1. The van der Waals surface area contributed by atoms with Crippen molar-refractivity contribution < 1.29 is 21.0 Å². The Bertz CT molecular complexity index is 814. The van der Waals surface area contributed by atoms with Gasteiger partial charge in [-0.1, -0.05) is 30.3 Å². The Morgan fingerprint density at radius 1 is 0.750 bits per heavy atom. The van der Waals surface area contributed by atoms with Crippen LogP contribution in [-0.4, -0.2) is 16.8 Å². The highest BCUT2D eigenvalue weighted by Gasteiger charge is 2.25. The summed E-state index contributed by atoms with van der Waals surface area (Å²) < 4.78 is 52.0. The zero-order chi connectivity index (χ0) is 14.8. The first-order valence-corrected chi connectivity index (χ1v) is 8.37. The zero-order valence-corrected chi connectivity index (χ0v) is 11.8. The van der Waals surface area contributed by atoms with Crippen molar-refractivity contribution in [1.82, 2.24) is 0 Å². The minimum atomic E-state index is -4.29. The first kappa shape index (κ1) is 14.5. The molecule has 0 aliphatic carbocycles. The van der Waals surface area contributed by atoms with Gasteiger partial charge >= 0.3 is 10.1 Å². The third kappa shape index (κ3) is 3.16. The monoisotopic (exact) mass is 313 g/mol. The van der Waals surface area contributed by atoms with Crippen molar-refractivity contribution in [3.05, 3.63) is 54.6 Å². The molecular formula is C12H11NO5S2. The molecule has 2 aromatic rings. The van der Waals surface area contributed by atoms with Gasteiger partial charge in [-0.3, -0.25) is 0 Å². The summed E-state index contributed by atoms with van der Waals surface area (Å²) in [7, 11) is -8.45. The largest absolute Gasteiger partial charge is 0.379 e. The number of sulfonamides is 1. The number of hydrogen-bond acceptors (Lipinski definition) is 5. The van der Waals surface area contributed by atoms with Gasteiger partial charge in [0.25, 0.3) is 0 Å². The van der Waals surface area contributed by atoms with E-state index in [0.717, 1.165) is 12.1 Å². The molecule has 0 aliphatic heterocycles. The molecule has 0 saturated carbocycles. The van der Waals surface area contributed by atoms with E-state index >= 15 is 0 Å². The fourth-order valence-electron chi connectivity index (χ4n) is 1.54. The summed E-state index contributed by atoms with van der Waals surface area (Å²) in [6.07, 6.45) is 0. The molecule has 0 fully saturated rings. The van der Waals surface area contributed by atoms with Crippen LogP contribution in [0.2, 0.25) is 0 Å². The third-order valence-corrected chi connectivity index (χ3v) is 4.78. The topological polar surface area (TPSA) is 104 Å². The Hall–Kier alpha value is -1.90. The average molecular weight is 313 g/mol. The fraction of sp³-hybridized carbons (Fsp3) is 0. The molecule has 0 atom stereocenters. The van der Waals surface area contributed by atoms with Gasteiger partial charge < -0.3 is 4.18 Å². The van der Waals surface area contributed by atoms with E-state index in [1.54, 1.807) is 18.2 Å². The average Bonchev–Trinajstić information content (AvgIpc) is 2.38. The van der Waals surface area contributed by atoms with Crippen LogP contribution in [0.15, 0.2) is 64.4 Å². The molecule has 8 heteroatoms. The number of nitrogens with two attached hydrogens (primary N) is 1. The standard InChI is InChI=1S/C12H11NO5S2/c13-19(14,15)11-8-4-5-9-12(11)20(16,17)18-10-6-2-1-3-7-10/h1-9H,(H2,13,14,15). The maximum absolute atomic E-state index is 12.1. The molecule has 2 N–H and O–H groups in total. The second-order valence-corrected chi connectivity index (χ2v) is 6.89. The molecular weight excluding hydrogens is 302 g/mol. The Balaban J connectivity index is 2.51. The van der Waals surface area contributed by atoms with Gasteiger partial charge in [-0.15, -0.1) is 0 Å². The molecule has 0 amide bonds. The first-order chi connectivity index (χ1) is 9.31. The molecule has 0 radical (unpaired) electrons. The van der Waals surface area contributed by atoms with E-state index in [-0.39, 0.29) is 5.75 Å². The van der Waals surface area contributed by atoms with Crippen molar-refractivity contribution in [3.63, 3.8) is 0 Å². The van der Waals surface area contributed by atoms with E-state index in [2.05, 4.69) is 0 Å². The summed E-state index contributed by atoms with van der Waals surface area (Å²) >= 11 is 0. The van der Waals surface area contributed by atoms with Crippen molar-refractivity contribution in [1.29, 1.82) is 0 Å². The highest BCUT2D eigenvalue weighted by Crippen LogP contribution is 2.23. The zero-order valence-electron chi connectivity index (χ0n) is 10.1. The molecule has 106 valence electrons. The molecule has 0 unspecified atom stereocenters. The third-order valence-electron chi connectivity index (χ3n) is 2.37. The van der Waals surface area contributed by atoms with Crippen molar-refractivity contribution in [2.45, 2.75) is 9.79 Å². The second kappa shape index (κ2) is 5.23. The Kier molecular flexibility index (Phi) is 3.80. The van der Waals surface area contributed by atoms with Gasteiger partial charge in [-0.05, 0) is 24.3 Å². The fourth-order valence-corrected chi connectivity index (χ4v) is 3.82. The van der Waals surface area contributed by atoms with Gasteiger partial charge in [0.2, 0.25) is 10.0 Å². The van der Waals surface area contributed by atoms with Crippen LogP contribution in [0.5, 0.6) is 5.75 Å². The van der Waals surface area contributed by atoms with Crippen molar-refractivity contribution in [2.24, 2.45) is 5.14 Å². The Morgan fingerprint density at radius 3 is 1.80 bits per heavy atom. The molecule has 0 spiro atoms. The number of hydrogen-bond donors (Lipinski definition) is 1. The molecule has 0 bridgehead atoms. The van der Waals surface area contributed by atoms with Crippen molar-refractivity contribution in [2.75, 3.05) is 0 Å². The second-order valence-electron chi connectivity index (χ2n) is 3.84. The molecule has 0 heterocycles. The van der Waals surface area contributed by atoms with Crippen molar-refractivity contribution >= 4 is 20.1 Å². The summed E-state index contributed by atoms with van der Waals surface area (Å²) in [5.41, 5.74) is 0. The van der Waals surface area contributed by atoms with Crippen LogP contribution < -0.4 is 9.32 Å². The van der Waals surface area contributed by atoms with E-state index in [1.165, 1.54) is 24.3 Å². The van der Waals surface area contributed by atoms with Crippen LogP contribution in [0, 0.1) is 0 Å². The molecule has 2 aromatic carbocycles. The highest BCUT2D eigenvalue weighted by atomic mass is 32.2. The highest BCUT2D eigenvalue weighted by molar-refractivity contribution is 7.91. The smallest absolute Gasteiger partial charge is 0.340 e. The summed E-state index contributed by atoms with van der Waals surface area (Å²) in [5, 5.41) is 5.00. The van der Waals surface area contributed by atoms with E-state index in [9.17, 15) is 16.8 Å². The Morgan fingerprint density at radius 2 is 1.25 bits per heavy atom. The van der Waals surface area contributed by atoms with Crippen molar-refractivity contribution in [3.8, 4) is 5.75 Å². The molecule has 2 rings (SSSR count). The lowest BCUT2D eigenvalue weighted by atomic mass is 10.3. The lowest BCUT2D eigenvalue weighted by molar-refractivity contribution is 0.483. The minimum Gasteiger partial charge on any atom is -0.379 e. The summed E-state index contributed by atoms with van der Waals surface area (Å²) in [6.45, 7) is 0. The van der Waals surface area contributed by atoms with E-state index < -0.39 is 29.9 Å². The van der Waals surface area contributed by atoms with Crippen LogP contribution in [0.4, 0.5) is 0 Å². The number of rotatable bonds is 4. The predicted molar refractivity (Wildman–Crippen MR) is 72.1 cm³/mol. The SMILES string of the molecule is NS(=O)(=O)c1ccccc1S(=O)(=O)Oc1ccccc1. The quantitative estimate of drug-likeness (QED) is 0.851. The van der Waals surface area contributed by atoms with E-state index in [0.29, 0.717) is 0 Å². The number of para-hydroxylation sites is 1. The molecule has 0 aromatic heterocycles.